The summed E-state index contributed by atoms with van der Waals surface area (Å²) in [5, 5.41) is 0. The van der Waals surface area contributed by atoms with Gasteiger partial charge in [0.2, 0.25) is 0 Å². The summed E-state index contributed by atoms with van der Waals surface area (Å²) in [6.45, 7) is 7.70. The number of hydrogen-bond donors (Lipinski definition) is 0. The lowest BCUT2D eigenvalue weighted by Crippen LogP contribution is -2.45. The number of hydrogen-bond acceptors (Lipinski definition) is 3. The summed E-state index contributed by atoms with van der Waals surface area (Å²) in [4.78, 5) is 16.4. The van der Waals surface area contributed by atoms with Crippen LogP contribution in [0.3, 0.4) is 0 Å². The zero-order valence-electron chi connectivity index (χ0n) is 13.8. The summed E-state index contributed by atoms with van der Waals surface area (Å²) in [7, 11) is 2.12. The molecule has 0 saturated carbocycles. The molecule has 2 aliphatic heterocycles. The number of amides is 1. The molecule has 0 bridgehead atoms. The largest absolute Gasteiger partial charge is 0.441 e. The molecule has 2 saturated heterocycles. The van der Waals surface area contributed by atoms with Crippen LogP contribution in [0, 0.1) is 5.41 Å². The fourth-order valence-electron chi connectivity index (χ4n) is 3.28. The van der Waals surface area contributed by atoms with Gasteiger partial charge in [0.25, 0.3) is 0 Å². The third-order valence-corrected chi connectivity index (χ3v) is 4.88. The van der Waals surface area contributed by atoms with E-state index >= 15 is 0 Å². The van der Waals surface area contributed by atoms with Crippen LogP contribution in [-0.2, 0) is 4.74 Å². The van der Waals surface area contributed by atoms with E-state index in [0.717, 1.165) is 38.0 Å². The van der Waals surface area contributed by atoms with Gasteiger partial charge in [0.1, 0.15) is 5.60 Å². The zero-order chi connectivity index (χ0) is 15.8. The van der Waals surface area contributed by atoms with Gasteiger partial charge in [-0.15, -0.1) is 0 Å². The number of ether oxygens (including phenoxy) is 1. The van der Waals surface area contributed by atoms with Crippen molar-refractivity contribution in [2.45, 2.75) is 32.3 Å². The SMILES string of the molecule is CN1CCC2(CC1)CN(CC1=CC=CC(C)(C)C=C1)C(=O)O2. The monoisotopic (exact) mass is 302 g/mol. The van der Waals surface area contributed by atoms with Crippen molar-refractivity contribution >= 4 is 6.09 Å². The number of nitrogens with zero attached hydrogens (tertiary/aromatic N) is 2. The van der Waals surface area contributed by atoms with E-state index in [1.165, 1.54) is 0 Å². The number of piperidine rings is 1. The number of carbonyl (C=O) groups is 1. The third kappa shape index (κ3) is 3.27. The first-order valence-electron chi connectivity index (χ1n) is 8.12. The maximum Gasteiger partial charge on any atom is 0.410 e. The fraction of sp³-hybridized carbons (Fsp3) is 0.611. The minimum atomic E-state index is -0.256. The number of allylic oxidation sites excluding steroid dienone is 4. The van der Waals surface area contributed by atoms with Crippen molar-refractivity contribution in [3.8, 4) is 0 Å². The lowest BCUT2D eigenvalue weighted by molar-refractivity contribution is 0.00660. The molecule has 0 radical (unpaired) electrons. The van der Waals surface area contributed by atoms with E-state index in [9.17, 15) is 4.79 Å². The highest BCUT2D eigenvalue weighted by molar-refractivity contribution is 5.71. The van der Waals surface area contributed by atoms with Crippen LogP contribution in [0.15, 0.2) is 36.0 Å². The van der Waals surface area contributed by atoms with Gasteiger partial charge in [-0.25, -0.2) is 4.79 Å². The van der Waals surface area contributed by atoms with Crippen LogP contribution in [0.25, 0.3) is 0 Å². The van der Waals surface area contributed by atoms with Crippen molar-refractivity contribution in [1.82, 2.24) is 9.80 Å². The van der Waals surface area contributed by atoms with Gasteiger partial charge in [-0.3, -0.25) is 4.90 Å². The van der Waals surface area contributed by atoms with Gasteiger partial charge in [0.15, 0.2) is 0 Å². The molecule has 1 aliphatic carbocycles. The van der Waals surface area contributed by atoms with Gasteiger partial charge in [-0.2, -0.15) is 0 Å². The van der Waals surface area contributed by atoms with E-state index in [4.69, 9.17) is 4.74 Å². The summed E-state index contributed by atoms with van der Waals surface area (Å²) >= 11 is 0. The summed E-state index contributed by atoms with van der Waals surface area (Å²) in [6, 6.07) is 0. The van der Waals surface area contributed by atoms with E-state index in [1.54, 1.807) is 0 Å². The topological polar surface area (TPSA) is 32.8 Å². The first-order valence-corrected chi connectivity index (χ1v) is 8.12. The van der Waals surface area contributed by atoms with Gasteiger partial charge in [-0.1, -0.05) is 44.2 Å². The molecule has 1 spiro atoms. The molecule has 0 atom stereocenters. The van der Waals surface area contributed by atoms with Gasteiger partial charge in [0.05, 0.1) is 6.54 Å². The van der Waals surface area contributed by atoms with E-state index < -0.39 is 0 Å². The normalized spacial score (nSPS) is 27.0. The quantitative estimate of drug-likeness (QED) is 0.786. The molecule has 22 heavy (non-hydrogen) atoms. The molecule has 2 heterocycles. The molecule has 3 rings (SSSR count). The van der Waals surface area contributed by atoms with Crippen LogP contribution in [0.4, 0.5) is 4.79 Å². The Hall–Kier alpha value is -1.55. The number of carbonyl (C=O) groups excluding carboxylic acids is 1. The van der Waals surface area contributed by atoms with E-state index in [0.29, 0.717) is 6.54 Å². The van der Waals surface area contributed by atoms with Gasteiger partial charge in [0, 0.05) is 37.9 Å². The van der Waals surface area contributed by atoms with Crippen molar-refractivity contribution in [2.75, 3.05) is 33.2 Å². The maximum atomic E-state index is 12.2. The summed E-state index contributed by atoms with van der Waals surface area (Å²) in [5.41, 5.74) is 0.968. The van der Waals surface area contributed by atoms with Crippen molar-refractivity contribution in [3.63, 3.8) is 0 Å². The lowest BCUT2D eigenvalue weighted by Gasteiger charge is -2.35. The standard InChI is InChI=1S/C18H26N2O2/c1-17(2)7-4-5-15(6-8-17)13-20-14-18(22-16(20)21)9-11-19(3)12-10-18/h4-8H,9-14H2,1-3H3. The highest BCUT2D eigenvalue weighted by Crippen LogP contribution is 2.33. The van der Waals surface area contributed by atoms with E-state index in [2.05, 4.69) is 56.2 Å². The van der Waals surface area contributed by atoms with Crippen LogP contribution in [0.5, 0.6) is 0 Å². The third-order valence-electron chi connectivity index (χ3n) is 4.88. The minimum absolute atomic E-state index is 0.0684. The van der Waals surface area contributed by atoms with Crippen LogP contribution < -0.4 is 0 Å². The Balaban J connectivity index is 1.66. The van der Waals surface area contributed by atoms with Crippen molar-refractivity contribution < 1.29 is 9.53 Å². The van der Waals surface area contributed by atoms with Crippen molar-refractivity contribution in [3.05, 3.63) is 36.0 Å². The van der Waals surface area contributed by atoms with Crippen LogP contribution >= 0.6 is 0 Å². The summed E-state index contributed by atoms with van der Waals surface area (Å²) in [5.74, 6) is 0. The molecule has 2 fully saturated rings. The highest BCUT2D eigenvalue weighted by Gasteiger charge is 2.46. The molecular formula is C18H26N2O2. The number of rotatable bonds is 2. The summed E-state index contributed by atoms with van der Waals surface area (Å²) in [6.07, 6.45) is 12.4. The van der Waals surface area contributed by atoms with Crippen LogP contribution in [-0.4, -0.2) is 54.7 Å². The molecule has 0 unspecified atom stereocenters. The molecule has 0 aromatic carbocycles. The molecule has 1 amide bonds. The van der Waals surface area contributed by atoms with Crippen LogP contribution in [0.2, 0.25) is 0 Å². The smallest absolute Gasteiger partial charge is 0.410 e. The van der Waals surface area contributed by atoms with Gasteiger partial charge < -0.3 is 9.64 Å². The lowest BCUT2D eigenvalue weighted by atomic mass is 9.91. The average Bonchev–Trinajstić information content (AvgIpc) is 2.64. The van der Waals surface area contributed by atoms with Crippen molar-refractivity contribution in [2.24, 2.45) is 5.41 Å². The molecule has 0 N–H and O–H groups in total. The zero-order valence-corrected chi connectivity index (χ0v) is 13.8. The van der Waals surface area contributed by atoms with E-state index in [-0.39, 0.29) is 17.1 Å². The molecule has 0 aromatic heterocycles. The second-order valence-electron chi connectivity index (χ2n) is 7.47. The Morgan fingerprint density at radius 2 is 1.95 bits per heavy atom. The predicted octanol–water partition coefficient (Wildman–Crippen LogP) is 2.98. The van der Waals surface area contributed by atoms with Crippen LogP contribution in [0.1, 0.15) is 26.7 Å². The predicted molar refractivity (Wildman–Crippen MR) is 87.7 cm³/mol. The molecule has 3 aliphatic rings. The van der Waals surface area contributed by atoms with Gasteiger partial charge >= 0.3 is 6.09 Å². The maximum absolute atomic E-state index is 12.2. The molecule has 4 heteroatoms. The summed E-state index contributed by atoms with van der Waals surface area (Å²) < 4.78 is 5.76. The minimum Gasteiger partial charge on any atom is -0.441 e. The van der Waals surface area contributed by atoms with E-state index in [1.807, 2.05) is 4.90 Å². The molecule has 120 valence electrons. The Labute approximate surface area is 133 Å². The molecule has 4 nitrogen and oxygen atoms in total. The first kappa shape index (κ1) is 15.3. The Kier molecular flexibility index (Phi) is 3.89. The second kappa shape index (κ2) is 5.58. The Bertz CT molecular complexity index is 537. The second-order valence-corrected chi connectivity index (χ2v) is 7.47. The Morgan fingerprint density at radius 1 is 1.23 bits per heavy atom. The van der Waals surface area contributed by atoms with Crippen molar-refractivity contribution in [1.29, 1.82) is 0 Å². The average molecular weight is 302 g/mol. The fourth-order valence-corrected chi connectivity index (χ4v) is 3.28. The molecule has 0 aromatic rings. The highest BCUT2D eigenvalue weighted by atomic mass is 16.6. The Morgan fingerprint density at radius 3 is 2.68 bits per heavy atom. The van der Waals surface area contributed by atoms with Gasteiger partial charge in [-0.05, 0) is 12.6 Å². The molecular weight excluding hydrogens is 276 g/mol. The number of likely N-dealkylation sites (tertiary alicyclic amines) is 1. The first-order chi connectivity index (χ1) is 10.4.